The zero-order valence-corrected chi connectivity index (χ0v) is 12.4. The van der Waals surface area contributed by atoms with Crippen molar-refractivity contribution in [1.82, 2.24) is 10.2 Å². The van der Waals surface area contributed by atoms with E-state index in [2.05, 4.69) is 5.32 Å². The highest BCUT2D eigenvalue weighted by Crippen LogP contribution is 2.15. The highest BCUT2D eigenvalue weighted by molar-refractivity contribution is 5.96. The molecule has 2 unspecified atom stereocenters. The number of piperazine rings is 1. The van der Waals surface area contributed by atoms with Gasteiger partial charge in [0.15, 0.2) is 0 Å². The number of ether oxygens (including phenoxy) is 1. The van der Waals surface area contributed by atoms with Crippen LogP contribution in [0.1, 0.15) is 47.0 Å². The van der Waals surface area contributed by atoms with Gasteiger partial charge in [-0.25, -0.2) is 0 Å². The van der Waals surface area contributed by atoms with Crippen LogP contribution >= 0.6 is 0 Å². The normalized spacial score (nSPS) is 23.9. The molecular weight excluding hydrogens is 244 g/mol. The Labute approximate surface area is 115 Å². The van der Waals surface area contributed by atoms with Gasteiger partial charge >= 0.3 is 0 Å². The van der Waals surface area contributed by atoms with E-state index < -0.39 is 0 Å². The van der Waals surface area contributed by atoms with Gasteiger partial charge < -0.3 is 15.0 Å². The molecule has 1 saturated heterocycles. The van der Waals surface area contributed by atoms with E-state index in [9.17, 15) is 9.59 Å². The van der Waals surface area contributed by atoms with E-state index >= 15 is 0 Å². The zero-order chi connectivity index (χ0) is 14.4. The summed E-state index contributed by atoms with van der Waals surface area (Å²) in [6.07, 6.45) is 2.35. The minimum absolute atomic E-state index is 0.0284. The van der Waals surface area contributed by atoms with Crippen LogP contribution in [-0.4, -0.2) is 48.1 Å². The van der Waals surface area contributed by atoms with Crippen molar-refractivity contribution >= 4 is 11.8 Å². The summed E-state index contributed by atoms with van der Waals surface area (Å²) in [7, 11) is 0. The molecule has 1 fully saturated rings. The van der Waals surface area contributed by atoms with Crippen LogP contribution < -0.4 is 5.32 Å². The van der Waals surface area contributed by atoms with E-state index in [0.717, 1.165) is 6.42 Å². The Hall–Kier alpha value is -1.10. The summed E-state index contributed by atoms with van der Waals surface area (Å²) in [5.74, 6) is -0.00856. The van der Waals surface area contributed by atoms with Gasteiger partial charge in [0, 0.05) is 6.54 Å². The Morgan fingerprint density at radius 2 is 2.00 bits per heavy atom. The third-order valence-electron chi connectivity index (χ3n) is 3.32. The number of amides is 2. The molecule has 5 nitrogen and oxygen atoms in total. The number of rotatable bonds is 7. The van der Waals surface area contributed by atoms with Gasteiger partial charge in [0.05, 0.1) is 12.7 Å². The van der Waals surface area contributed by atoms with Gasteiger partial charge in [-0.3, -0.25) is 9.59 Å². The minimum Gasteiger partial charge on any atom is -0.377 e. The smallest absolute Gasteiger partial charge is 0.245 e. The molecule has 0 aromatic carbocycles. The van der Waals surface area contributed by atoms with Gasteiger partial charge in [-0.2, -0.15) is 0 Å². The molecular formula is C14H26N2O3. The molecule has 0 spiro atoms. The first-order valence-corrected chi connectivity index (χ1v) is 7.23. The zero-order valence-electron chi connectivity index (χ0n) is 12.4. The fraction of sp³-hybridized carbons (Fsp3) is 0.857. The summed E-state index contributed by atoms with van der Waals surface area (Å²) >= 11 is 0. The standard InChI is InChI=1S/C14H26N2O3/c1-5-7-11-14(18)16(8-9-19-10(3)4)12(6-2)13(17)15-11/h10-12H,5-9H2,1-4H3,(H,15,17). The number of nitrogens with one attached hydrogen (secondary N) is 1. The molecule has 2 atom stereocenters. The van der Waals surface area contributed by atoms with Crippen molar-refractivity contribution in [2.45, 2.75) is 65.1 Å². The van der Waals surface area contributed by atoms with Gasteiger partial charge in [0.25, 0.3) is 0 Å². The highest BCUT2D eigenvalue weighted by Gasteiger charge is 2.38. The minimum atomic E-state index is -0.362. The molecule has 0 aromatic heterocycles. The lowest BCUT2D eigenvalue weighted by Crippen LogP contribution is -2.63. The lowest BCUT2D eigenvalue weighted by Gasteiger charge is -2.38. The van der Waals surface area contributed by atoms with Crippen molar-refractivity contribution in [3.63, 3.8) is 0 Å². The topological polar surface area (TPSA) is 58.6 Å². The predicted molar refractivity (Wildman–Crippen MR) is 73.7 cm³/mol. The average molecular weight is 270 g/mol. The third kappa shape index (κ3) is 4.20. The molecule has 0 aliphatic carbocycles. The van der Waals surface area contributed by atoms with E-state index in [1.165, 1.54) is 0 Å². The number of hydrogen-bond donors (Lipinski definition) is 1. The predicted octanol–water partition coefficient (Wildman–Crippen LogP) is 1.32. The lowest BCUT2D eigenvalue weighted by molar-refractivity contribution is -0.150. The first kappa shape index (κ1) is 16.0. The maximum Gasteiger partial charge on any atom is 0.245 e. The maximum atomic E-state index is 12.4. The van der Waals surface area contributed by atoms with E-state index in [0.29, 0.717) is 26.0 Å². The third-order valence-corrected chi connectivity index (χ3v) is 3.32. The van der Waals surface area contributed by atoms with Crippen LogP contribution in [0.25, 0.3) is 0 Å². The summed E-state index contributed by atoms with van der Waals surface area (Å²) < 4.78 is 5.49. The second-order valence-corrected chi connectivity index (χ2v) is 5.23. The second-order valence-electron chi connectivity index (χ2n) is 5.23. The molecule has 0 radical (unpaired) electrons. The Kier molecular flexibility index (Phi) is 6.28. The Morgan fingerprint density at radius 3 is 2.53 bits per heavy atom. The van der Waals surface area contributed by atoms with Gasteiger partial charge in [0.2, 0.25) is 11.8 Å². The van der Waals surface area contributed by atoms with Crippen molar-refractivity contribution in [2.75, 3.05) is 13.2 Å². The molecule has 19 heavy (non-hydrogen) atoms. The van der Waals surface area contributed by atoms with E-state index in [1.807, 2.05) is 27.7 Å². The molecule has 5 heteroatoms. The Bertz CT molecular complexity index is 318. The van der Waals surface area contributed by atoms with Crippen LogP contribution in [-0.2, 0) is 14.3 Å². The van der Waals surface area contributed by atoms with Crippen molar-refractivity contribution in [3.05, 3.63) is 0 Å². The Morgan fingerprint density at radius 1 is 1.32 bits per heavy atom. The summed E-state index contributed by atoms with van der Waals surface area (Å²) in [6.45, 7) is 8.82. The van der Waals surface area contributed by atoms with Crippen LogP contribution in [0.4, 0.5) is 0 Å². The van der Waals surface area contributed by atoms with Gasteiger partial charge in [0.1, 0.15) is 12.1 Å². The molecule has 1 aliphatic rings. The maximum absolute atomic E-state index is 12.4. The lowest BCUT2D eigenvalue weighted by atomic mass is 10.0. The van der Waals surface area contributed by atoms with Crippen LogP contribution in [0.3, 0.4) is 0 Å². The highest BCUT2D eigenvalue weighted by atomic mass is 16.5. The first-order chi connectivity index (χ1) is 9.01. The van der Waals surface area contributed by atoms with E-state index in [4.69, 9.17) is 4.74 Å². The molecule has 110 valence electrons. The largest absolute Gasteiger partial charge is 0.377 e. The van der Waals surface area contributed by atoms with Crippen molar-refractivity contribution in [1.29, 1.82) is 0 Å². The fourth-order valence-electron chi connectivity index (χ4n) is 2.37. The number of hydrogen-bond acceptors (Lipinski definition) is 3. The molecule has 1 heterocycles. The van der Waals surface area contributed by atoms with Crippen LogP contribution in [0.5, 0.6) is 0 Å². The summed E-state index contributed by atoms with van der Waals surface area (Å²) in [5.41, 5.74) is 0. The molecule has 0 aromatic rings. The average Bonchev–Trinajstić information content (AvgIpc) is 2.35. The summed E-state index contributed by atoms with van der Waals surface area (Å²) in [4.78, 5) is 26.1. The van der Waals surface area contributed by atoms with Crippen LogP contribution in [0.2, 0.25) is 0 Å². The Balaban J connectivity index is 2.69. The quantitative estimate of drug-likeness (QED) is 0.759. The first-order valence-electron chi connectivity index (χ1n) is 7.23. The van der Waals surface area contributed by atoms with Gasteiger partial charge in [-0.15, -0.1) is 0 Å². The number of nitrogens with zero attached hydrogens (tertiary/aromatic N) is 1. The number of carbonyl (C=O) groups is 2. The van der Waals surface area contributed by atoms with Gasteiger partial charge in [-0.1, -0.05) is 20.3 Å². The molecule has 0 bridgehead atoms. The molecule has 0 saturated carbocycles. The SMILES string of the molecule is CCCC1NC(=O)C(CC)N(CCOC(C)C)C1=O. The van der Waals surface area contributed by atoms with E-state index in [-0.39, 0.29) is 30.0 Å². The molecule has 1 rings (SSSR count). The monoisotopic (exact) mass is 270 g/mol. The van der Waals surface area contributed by atoms with Gasteiger partial charge in [-0.05, 0) is 26.7 Å². The molecule has 1 N–H and O–H groups in total. The van der Waals surface area contributed by atoms with Crippen LogP contribution in [0, 0.1) is 0 Å². The second kappa shape index (κ2) is 7.48. The summed E-state index contributed by atoms with van der Waals surface area (Å²) in [6, 6.07) is -0.712. The van der Waals surface area contributed by atoms with Crippen molar-refractivity contribution in [2.24, 2.45) is 0 Å². The fourth-order valence-corrected chi connectivity index (χ4v) is 2.37. The van der Waals surface area contributed by atoms with Crippen molar-refractivity contribution in [3.8, 4) is 0 Å². The van der Waals surface area contributed by atoms with Crippen LogP contribution in [0.15, 0.2) is 0 Å². The number of carbonyl (C=O) groups excluding carboxylic acids is 2. The van der Waals surface area contributed by atoms with E-state index in [1.54, 1.807) is 4.90 Å². The summed E-state index contributed by atoms with van der Waals surface area (Å²) in [5, 5.41) is 2.83. The molecule has 2 amide bonds. The van der Waals surface area contributed by atoms with Crippen molar-refractivity contribution < 1.29 is 14.3 Å². The molecule has 1 aliphatic heterocycles.